The molecule has 0 saturated heterocycles. The maximum Gasteiger partial charge on any atom is 0.173 e. The van der Waals surface area contributed by atoms with E-state index in [2.05, 4.69) is 23.7 Å². The summed E-state index contributed by atoms with van der Waals surface area (Å²) in [5.41, 5.74) is 2.03. The van der Waals surface area contributed by atoms with Gasteiger partial charge in [0.05, 0.1) is 0 Å². The lowest BCUT2D eigenvalue weighted by Crippen LogP contribution is -2.35. The van der Waals surface area contributed by atoms with Crippen LogP contribution in [0.1, 0.15) is 13.8 Å². The third-order valence-electron chi connectivity index (χ3n) is 3.21. The van der Waals surface area contributed by atoms with Gasteiger partial charge in [-0.05, 0) is 62.5 Å². The first-order valence-corrected chi connectivity index (χ1v) is 8.02. The Morgan fingerprint density at radius 3 is 2.26 bits per heavy atom. The molecule has 23 heavy (non-hydrogen) atoms. The summed E-state index contributed by atoms with van der Waals surface area (Å²) in [6.07, 6.45) is 0. The molecular formula is C19H22N2OS. The van der Waals surface area contributed by atoms with E-state index in [1.807, 2.05) is 61.5 Å². The Morgan fingerprint density at radius 1 is 1.09 bits per heavy atom. The van der Waals surface area contributed by atoms with Crippen molar-refractivity contribution in [2.24, 2.45) is 0 Å². The second-order valence-corrected chi connectivity index (χ2v) is 5.73. The highest BCUT2D eigenvalue weighted by Crippen LogP contribution is 2.22. The molecule has 0 saturated carbocycles. The molecule has 0 aliphatic heterocycles. The lowest BCUT2D eigenvalue weighted by Gasteiger charge is -2.24. The van der Waals surface area contributed by atoms with Crippen LogP contribution in [0.5, 0.6) is 11.5 Å². The molecule has 0 atom stereocenters. The smallest absolute Gasteiger partial charge is 0.173 e. The van der Waals surface area contributed by atoms with Gasteiger partial charge in [-0.1, -0.05) is 30.4 Å². The minimum absolute atomic E-state index is 0.701. The Morgan fingerprint density at radius 2 is 1.70 bits per heavy atom. The van der Waals surface area contributed by atoms with Gasteiger partial charge in [-0.3, -0.25) is 0 Å². The van der Waals surface area contributed by atoms with Crippen LogP contribution in [-0.2, 0) is 0 Å². The van der Waals surface area contributed by atoms with Crippen molar-refractivity contribution in [3.8, 4) is 11.5 Å². The second-order valence-electron chi connectivity index (χ2n) is 5.34. The average Bonchev–Trinajstić information content (AvgIpc) is 2.55. The Bertz CT molecular complexity index is 653. The zero-order valence-electron chi connectivity index (χ0n) is 13.6. The van der Waals surface area contributed by atoms with Crippen LogP contribution in [0, 0.1) is 0 Å². The number of rotatable bonds is 6. The SMILES string of the molecule is C=C(C)CN(CC)C(=S)Nc1ccc(Oc2ccccc2)cc1. The zero-order chi connectivity index (χ0) is 16.7. The molecule has 2 aromatic rings. The fourth-order valence-corrected chi connectivity index (χ4v) is 2.40. The molecular weight excluding hydrogens is 304 g/mol. The summed E-state index contributed by atoms with van der Waals surface area (Å²) < 4.78 is 5.78. The van der Waals surface area contributed by atoms with Crippen molar-refractivity contribution in [3.63, 3.8) is 0 Å². The number of nitrogens with one attached hydrogen (secondary N) is 1. The third-order valence-corrected chi connectivity index (χ3v) is 3.57. The number of hydrogen-bond acceptors (Lipinski definition) is 2. The van der Waals surface area contributed by atoms with Gasteiger partial charge in [0.15, 0.2) is 5.11 Å². The fourth-order valence-electron chi connectivity index (χ4n) is 2.09. The molecule has 2 aromatic carbocycles. The van der Waals surface area contributed by atoms with Crippen LogP contribution in [0.25, 0.3) is 0 Å². The summed E-state index contributed by atoms with van der Waals surface area (Å²) in [7, 11) is 0. The van der Waals surface area contributed by atoms with E-state index in [0.717, 1.165) is 35.8 Å². The average molecular weight is 326 g/mol. The van der Waals surface area contributed by atoms with Gasteiger partial charge in [-0.15, -0.1) is 0 Å². The summed E-state index contributed by atoms with van der Waals surface area (Å²) in [6.45, 7) is 9.62. The molecule has 0 amide bonds. The van der Waals surface area contributed by atoms with E-state index >= 15 is 0 Å². The Labute approximate surface area is 143 Å². The van der Waals surface area contributed by atoms with E-state index < -0.39 is 0 Å². The van der Waals surface area contributed by atoms with Crippen LogP contribution in [0.2, 0.25) is 0 Å². The van der Waals surface area contributed by atoms with Gasteiger partial charge in [0.1, 0.15) is 11.5 Å². The number of likely N-dealkylation sites (N-methyl/N-ethyl adjacent to an activating group) is 1. The summed E-state index contributed by atoms with van der Waals surface area (Å²) in [6, 6.07) is 17.5. The summed E-state index contributed by atoms with van der Waals surface area (Å²) in [4.78, 5) is 2.08. The molecule has 0 aliphatic carbocycles. The van der Waals surface area contributed by atoms with Gasteiger partial charge in [0.2, 0.25) is 0 Å². The quantitative estimate of drug-likeness (QED) is 0.591. The number of hydrogen-bond donors (Lipinski definition) is 1. The normalized spacial score (nSPS) is 10.0. The summed E-state index contributed by atoms with van der Waals surface area (Å²) in [5, 5.41) is 3.95. The van der Waals surface area contributed by atoms with Crippen LogP contribution < -0.4 is 10.1 Å². The molecule has 0 fully saturated rings. The molecule has 1 N–H and O–H groups in total. The molecule has 0 aliphatic rings. The molecule has 0 aromatic heterocycles. The summed E-state index contributed by atoms with van der Waals surface area (Å²) in [5.74, 6) is 1.62. The van der Waals surface area contributed by atoms with Crippen molar-refractivity contribution >= 4 is 23.0 Å². The van der Waals surface area contributed by atoms with Crippen molar-refractivity contribution in [1.82, 2.24) is 4.90 Å². The van der Waals surface area contributed by atoms with Gasteiger partial charge >= 0.3 is 0 Å². The predicted molar refractivity (Wildman–Crippen MR) is 101 cm³/mol. The predicted octanol–water partition coefficient (Wildman–Crippen LogP) is 5.07. The lowest BCUT2D eigenvalue weighted by molar-refractivity contribution is 0.482. The number of benzene rings is 2. The molecule has 0 spiro atoms. The van der Waals surface area contributed by atoms with Crippen LogP contribution in [0.3, 0.4) is 0 Å². The zero-order valence-corrected chi connectivity index (χ0v) is 14.4. The number of ether oxygens (including phenoxy) is 1. The molecule has 4 heteroatoms. The molecule has 0 heterocycles. The van der Waals surface area contributed by atoms with Crippen molar-refractivity contribution in [1.29, 1.82) is 0 Å². The number of nitrogens with zero attached hydrogens (tertiary/aromatic N) is 1. The van der Waals surface area contributed by atoms with Gasteiger partial charge < -0.3 is 15.0 Å². The molecule has 0 bridgehead atoms. The van der Waals surface area contributed by atoms with E-state index in [4.69, 9.17) is 17.0 Å². The Hall–Kier alpha value is -2.33. The first-order valence-electron chi connectivity index (χ1n) is 7.61. The first kappa shape index (κ1) is 17.0. The topological polar surface area (TPSA) is 24.5 Å². The maximum atomic E-state index is 5.78. The van der Waals surface area contributed by atoms with Crippen LogP contribution in [0.15, 0.2) is 66.7 Å². The van der Waals surface area contributed by atoms with Gasteiger partial charge in [0, 0.05) is 18.8 Å². The first-order chi connectivity index (χ1) is 11.1. The van der Waals surface area contributed by atoms with Gasteiger partial charge in [-0.2, -0.15) is 0 Å². The van der Waals surface area contributed by atoms with Crippen molar-refractivity contribution in [2.75, 3.05) is 18.4 Å². The molecule has 2 rings (SSSR count). The number of thiocarbonyl (C=S) groups is 1. The monoisotopic (exact) mass is 326 g/mol. The summed E-state index contributed by atoms with van der Waals surface area (Å²) >= 11 is 5.46. The van der Waals surface area contributed by atoms with Crippen molar-refractivity contribution in [2.45, 2.75) is 13.8 Å². The molecule has 3 nitrogen and oxygen atoms in total. The number of para-hydroxylation sites is 1. The van der Waals surface area contributed by atoms with Crippen molar-refractivity contribution < 1.29 is 4.74 Å². The standard InChI is InChI=1S/C19H22N2OS/c1-4-21(14-15(2)3)19(23)20-16-10-12-18(13-11-16)22-17-8-6-5-7-9-17/h5-13H,2,4,14H2,1,3H3,(H,20,23). The van der Waals surface area contributed by atoms with E-state index in [9.17, 15) is 0 Å². The number of anilines is 1. The highest BCUT2D eigenvalue weighted by atomic mass is 32.1. The maximum absolute atomic E-state index is 5.78. The molecule has 120 valence electrons. The van der Waals surface area contributed by atoms with E-state index in [-0.39, 0.29) is 0 Å². The highest BCUT2D eigenvalue weighted by molar-refractivity contribution is 7.80. The van der Waals surface area contributed by atoms with Gasteiger partial charge in [-0.25, -0.2) is 0 Å². The third kappa shape index (κ3) is 5.42. The van der Waals surface area contributed by atoms with E-state index in [1.54, 1.807) is 0 Å². The van der Waals surface area contributed by atoms with Gasteiger partial charge in [0.25, 0.3) is 0 Å². The van der Waals surface area contributed by atoms with Crippen LogP contribution in [-0.4, -0.2) is 23.1 Å². The minimum Gasteiger partial charge on any atom is -0.457 e. The van der Waals surface area contributed by atoms with Crippen LogP contribution in [0.4, 0.5) is 5.69 Å². The highest BCUT2D eigenvalue weighted by Gasteiger charge is 2.07. The van der Waals surface area contributed by atoms with Crippen LogP contribution >= 0.6 is 12.2 Å². The van der Waals surface area contributed by atoms with E-state index in [0.29, 0.717) is 5.11 Å². The molecule has 0 radical (unpaired) electrons. The fraction of sp³-hybridized carbons (Fsp3) is 0.211. The van der Waals surface area contributed by atoms with Crippen molar-refractivity contribution in [3.05, 3.63) is 66.7 Å². The largest absolute Gasteiger partial charge is 0.457 e. The lowest BCUT2D eigenvalue weighted by atomic mass is 10.3. The Kier molecular flexibility index (Phi) is 6.18. The minimum atomic E-state index is 0.701. The Balaban J connectivity index is 1.96. The molecule has 0 unspecified atom stereocenters. The van der Waals surface area contributed by atoms with E-state index in [1.165, 1.54) is 0 Å². The second kappa shape index (κ2) is 8.34.